The number of aliphatic hydroxyl groups is 1. The van der Waals surface area contributed by atoms with Crippen molar-refractivity contribution in [1.82, 2.24) is 0 Å². The molecule has 2 atom stereocenters. The predicted molar refractivity (Wildman–Crippen MR) is 174 cm³/mol. The van der Waals surface area contributed by atoms with Crippen LogP contribution in [0.5, 0.6) is 0 Å². The zero-order chi connectivity index (χ0) is 31.4. The second-order valence-electron chi connectivity index (χ2n) is 7.79. The number of benzene rings is 2. The largest absolute Gasteiger partial charge is 0.391 e. The van der Waals surface area contributed by atoms with E-state index in [9.17, 15) is 4.79 Å². The van der Waals surface area contributed by atoms with Crippen molar-refractivity contribution in [2.75, 3.05) is 33.0 Å². The maximum absolute atomic E-state index is 10.6. The van der Waals surface area contributed by atoms with Gasteiger partial charge in [-0.15, -0.1) is 6.58 Å². The highest BCUT2D eigenvalue weighted by Crippen LogP contribution is 1.99. The first-order valence-corrected chi connectivity index (χ1v) is 15.1. The van der Waals surface area contributed by atoms with E-state index < -0.39 is 0 Å². The summed E-state index contributed by atoms with van der Waals surface area (Å²) in [6.45, 7) is 26.5. The van der Waals surface area contributed by atoms with Crippen molar-refractivity contribution in [2.45, 2.75) is 101 Å². The fourth-order valence-corrected chi connectivity index (χ4v) is 2.50. The summed E-state index contributed by atoms with van der Waals surface area (Å²) in [7, 11) is 0. The molecule has 2 aromatic rings. The molecule has 0 aliphatic carbocycles. The Labute approximate surface area is 248 Å². The van der Waals surface area contributed by atoms with Gasteiger partial charge >= 0.3 is 0 Å². The molecule has 0 saturated carbocycles. The Morgan fingerprint density at radius 1 is 0.800 bits per heavy atom. The lowest BCUT2D eigenvalue weighted by Crippen LogP contribution is -2.18. The molecular weight excluding hydrogens is 500 g/mol. The van der Waals surface area contributed by atoms with E-state index in [0.29, 0.717) is 26.4 Å². The van der Waals surface area contributed by atoms with Crippen molar-refractivity contribution in [3.63, 3.8) is 0 Å². The Morgan fingerprint density at radius 2 is 1.27 bits per heavy atom. The molecule has 0 spiro atoms. The molecule has 40 heavy (non-hydrogen) atoms. The first kappa shape index (κ1) is 44.7. The molecule has 1 N–H and O–H groups in total. The van der Waals surface area contributed by atoms with Gasteiger partial charge in [0.1, 0.15) is 0 Å². The predicted octanol–water partition coefficient (Wildman–Crippen LogP) is 8.99. The molecule has 2 unspecified atom stereocenters. The van der Waals surface area contributed by atoms with Gasteiger partial charge in [0.05, 0.1) is 32.0 Å². The van der Waals surface area contributed by atoms with Crippen LogP contribution in [-0.4, -0.2) is 56.1 Å². The Balaban J connectivity index is -0.000000208. The molecule has 0 fully saturated rings. The topological polar surface area (TPSA) is 65.0 Å². The third-order valence-electron chi connectivity index (χ3n) is 4.83. The van der Waals surface area contributed by atoms with Gasteiger partial charge in [0.15, 0.2) is 5.78 Å². The number of aryl methyl sites for hydroxylation is 1. The van der Waals surface area contributed by atoms with E-state index in [1.54, 1.807) is 13.0 Å². The molecular formula is C35H62O5. The first-order valence-electron chi connectivity index (χ1n) is 15.1. The van der Waals surface area contributed by atoms with E-state index in [2.05, 4.69) is 44.7 Å². The van der Waals surface area contributed by atoms with Crippen LogP contribution in [0.3, 0.4) is 0 Å². The van der Waals surface area contributed by atoms with Crippen LogP contribution in [-0.2, 0) is 20.6 Å². The van der Waals surface area contributed by atoms with E-state index in [1.165, 1.54) is 5.56 Å². The van der Waals surface area contributed by atoms with Crippen molar-refractivity contribution in [1.29, 1.82) is 0 Å². The minimum atomic E-state index is -0.269. The highest BCUT2D eigenvalue weighted by atomic mass is 16.5. The van der Waals surface area contributed by atoms with Gasteiger partial charge in [-0.3, -0.25) is 4.79 Å². The molecule has 0 radical (unpaired) electrons. The summed E-state index contributed by atoms with van der Waals surface area (Å²) in [5.41, 5.74) is 2.19. The number of carbonyl (C=O) groups is 1. The fraction of sp³-hybridized carbons (Fsp3) is 0.571. The molecule has 232 valence electrons. The maximum atomic E-state index is 10.6. The number of ether oxygens (including phenoxy) is 3. The van der Waals surface area contributed by atoms with E-state index in [1.807, 2.05) is 84.9 Å². The minimum Gasteiger partial charge on any atom is -0.391 e. The Bertz CT molecular complexity index is 719. The summed E-state index contributed by atoms with van der Waals surface area (Å²) in [4.78, 5) is 10.6. The third-order valence-corrected chi connectivity index (χ3v) is 4.83. The SMILES string of the molecule is C=CCOC(CC)COCC.CC.CC.CC(=O)c1ccccc1.CCOCC(O)CC.CCc1ccccc1. The van der Waals surface area contributed by atoms with Crippen molar-refractivity contribution in [3.05, 3.63) is 84.4 Å². The number of ketones is 1. The molecule has 0 aliphatic heterocycles. The van der Waals surface area contributed by atoms with Gasteiger partial charge in [-0.05, 0) is 45.6 Å². The molecule has 2 rings (SSSR count). The summed E-state index contributed by atoms with van der Waals surface area (Å²) in [6.07, 6.45) is 4.63. The molecule has 5 heteroatoms. The molecule has 0 heterocycles. The summed E-state index contributed by atoms with van der Waals surface area (Å²) in [6, 6.07) is 19.7. The van der Waals surface area contributed by atoms with Gasteiger partial charge in [-0.2, -0.15) is 0 Å². The van der Waals surface area contributed by atoms with Crippen LogP contribution in [0.25, 0.3) is 0 Å². The van der Waals surface area contributed by atoms with Crippen LogP contribution in [0.2, 0.25) is 0 Å². The van der Waals surface area contributed by atoms with Crippen LogP contribution in [0.15, 0.2) is 73.3 Å². The number of rotatable bonds is 13. The average molecular weight is 563 g/mol. The minimum absolute atomic E-state index is 0.121. The smallest absolute Gasteiger partial charge is 0.159 e. The second-order valence-corrected chi connectivity index (χ2v) is 7.79. The highest BCUT2D eigenvalue weighted by Gasteiger charge is 2.03. The standard InChI is InChI=1S/C9H18O2.C8H8O.C8H10.C6H14O2.2C2H6/c1-4-7-11-9(5-2)8-10-6-3;1-7(9)8-5-3-2-4-6-8;1-2-8-6-4-3-5-7-8;1-3-6(7)5-8-4-2;2*1-2/h4,9H,1,5-8H2,2-3H3;2-6H,1H3;3-7H,2H2,1H3;6-7H,3-5H2,1-2H3;2*1-2H3. The van der Waals surface area contributed by atoms with Crippen LogP contribution < -0.4 is 0 Å². The number of hydrogen-bond donors (Lipinski definition) is 1. The van der Waals surface area contributed by atoms with Gasteiger partial charge in [-0.1, -0.05) is 115 Å². The van der Waals surface area contributed by atoms with E-state index in [-0.39, 0.29) is 18.0 Å². The zero-order valence-electron chi connectivity index (χ0n) is 27.4. The van der Waals surface area contributed by atoms with Crippen LogP contribution in [0.1, 0.15) is 98.0 Å². The zero-order valence-corrected chi connectivity index (χ0v) is 27.4. The lowest BCUT2D eigenvalue weighted by atomic mass is 10.2. The van der Waals surface area contributed by atoms with E-state index in [0.717, 1.165) is 31.4 Å². The van der Waals surface area contributed by atoms with Crippen molar-refractivity contribution in [2.24, 2.45) is 0 Å². The van der Waals surface area contributed by atoms with E-state index in [4.69, 9.17) is 19.3 Å². The van der Waals surface area contributed by atoms with Gasteiger partial charge in [0.25, 0.3) is 0 Å². The average Bonchev–Trinajstić information content (AvgIpc) is 3.03. The molecule has 0 amide bonds. The summed E-state index contributed by atoms with van der Waals surface area (Å²) in [5, 5.41) is 8.86. The fourth-order valence-electron chi connectivity index (χ4n) is 2.50. The monoisotopic (exact) mass is 562 g/mol. The van der Waals surface area contributed by atoms with Gasteiger partial charge in [-0.25, -0.2) is 0 Å². The molecule has 5 nitrogen and oxygen atoms in total. The molecule has 0 bridgehead atoms. The Kier molecular flexibility index (Phi) is 43.4. The van der Waals surface area contributed by atoms with Gasteiger partial charge in [0, 0.05) is 18.8 Å². The van der Waals surface area contributed by atoms with Crippen LogP contribution >= 0.6 is 0 Å². The first-order chi connectivity index (χ1) is 19.4. The van der Waals surface area contributed by atoms with E-state index >= 15 is 0 Å². The lowest BCUT2D eigenvalue weighted by molar-refractivity contribution is -0.00360. The van der Waals surface area contributed by atoms with Crippen LogP contribution in [0, 0.1) is 0 Å². The maximum Gasteiger partial charge on any atom is 0.159 e. The van der Waals surface area contributed by atoms with Gasteiger partial charge in [0.2, 0.25) is 0 Å². The summed E-state index contributed by atoms with van der Waals surface area (Å²) < 4.78 is 15.6. The van der Waals surface area contributed by atoms with Crippen molar-refractivity contribution >= 4 is 5.78 Å². The summed E-state index contributed by atoms with van der Waals surface area (Å²) in [5.74, 6) is 0.121. The molecule has 0 aromatic heterocycles. The quantitative estimate of drug-likeness (QED) is 0.195. The Morgan fingerprint density at radius 3 is 1.60 bits per heavy atom. The number of aliphatic hydroxyl groups excluding tert-OH is 1. The number of Topliss-reactive ketones (excluding diaryl/α,β-unsaturated/α-hetero) is 1. The normalized spacial score (nSPS) is 10.5. The molecule has 0 aliphatic rings. The lowest BCUT2D eigenvalue weighted by Gasteiger charge is -2.13. The molecule has 0 saturated heterocycles. The Hall–Kier alpha value is -2.31. The summed E-state index contributed by atoms with van der Waals surface area (Å²) >= 11 is 0. The number of hydrogen-bond acceptors (Lipinski definition) is 5. The van der Waals surface area contributed by atoms with Crippen LogP contribution in [0.4, 0.5) is 0 Å². The second kappa shape index (κ2) is 38.8. The number of carbonyl (C=O) groups excluding carboxylic acids is 1. The third kappa shape index (κ3) is 33.7. The van der Waals surface area contributed by atoms with Crippen molar-refractivity contribution in [3.8, 4) is 0 Å². The molecule has 2 aromatic carbocycles. The van der Waals surface area contributed by atoms with Crippen molar-refractivity contribution < 1.29 is 24.1 Å². The highest BCUT2D eigenvalue weighted by molar-refractivity contribution is 5.93. The van der Waals surface area contributed by atoms with Gasteiger partial charge < -0.3 is 19.3 Å².